The Bertz CT molecular complexity index is 994. The quantitative estimate of drug-likeness (QED) is 0.534. The average molecular weight is 406 g/mol. The number of nitrogens with zero attached hydrogens (tertiary/aromatic N) is 2. The van der Waals surface area contributed by atoms with Gasteiger partial charge in [0.1, 0.15) is 28.7 Å². The molecule has 1 aliphatic rings. The summed E-state index contributed by atoms with van der Waals surface area (Å²) in [5, 5.41) is 0. The van der Waals surface area contributed by atoms with Gasteiger partial charge in [-0.2, -0.15) is 0 Å². The highest BCUT2D eigenvalue weighted by atomic mass is 16.5. The van der Waals surface area contributed by atoms with Crippen molar-refractivity contribution in [1.82, 2.24) is 14.9 Å². The molecule has 2 aromatic carbocycles. The number of nitrogens with one attached hydrogen (secondary N) is 1. The lowest BCUT2D eigenvalue weighted by Gasteiger charge is -2.40. The normalized spacial score (nSPS) is 15.5. The first-order valence-electron chi connectivity index (χ1n) is 10.2. The Hall–Kier alpha value is -3.16. The summed E-state index contributed by atoms with van der Waals surface area (Å²) in [6, 6.07) is 17.1. The van der Waals surface area contributed by atoms with Crippen LogP contribution in [0.3, 0.4) is 0 Å². The number of imidazole rings is 1. The number of carbonyl (C=O) groups is 1. The van der Waals surface area contributed by atoms with Crippen molar-refractivity contribution in [2.75, 3.05) is 26.7 Å². The standard InChI is InChI=1S/C23H27N5O2/c1-28-13-16(14-28)19(11-12-24)23-26-20(21(27-23)22(25)29)15-7-9-18(10-8-15)30-17-5-3-2-4-6-17/h2-10,16,19H,11-14,24H2,1H3,(H2,25,29)(H,26,27). The van der Waals surface area contributed by atoms with Crippen molar-refractivity contribution in [3.05, 3.63) is 66.1 Å². The highest BCUT2D eigenvalue weighted by Crippen LogP contribution is 2.35. The van der Waals surface area contributed by atoms with Crippen LogP contribution in [0.5, 0.6) is 11.5 Å². The number of primary amides is 1. The van der Waals surface area contributed by atoms with Crippen molar-refractivity contribution in [3.63, 3.8) is 0 Å². The minimum absolute atomic E-state index is 0.179. The summed E-state index contributed by atoms with van der Waals surface area (Å²) >= 11 is 0. The highest BCUT2D eigenvalue weighted by Gasteiger charge is 2.34. The molecular weight excluding hydrogens is 378 g/mol. The fourth-order valence-electron chi connectivity index (χ4n) is 4.04. The van der Waals surface area contributed by atoms with Gasteiger partial charge in [0.15, 0.2) is 0 Å². The molecule has 1 aliphatic heterocycles. The Labute approximate surface area is 176 Å². The fraction of sp³-hybridized carbons (Fsp3) is 0.304. The first kappa shape index (κ1) is 20.1. The molecule has 1 amide bonds. The van der Waals surface area contributed by atoms with Crippen LogP contribution in [0.1, 0.15) is 28.7 Å². The number of aromatic amines is 1. The van der Waals surface area contributed by atoms with E-state index in [9.17, 15) is 4.79 Å². The van der Waals surface area contributed by atoms with Gasteiger partial charge in [-0.1, -0.05) is 18.2 Å². The second-order valence-electron chi connectivity index (χ2n) is 7.81. The Balaban J connectivity index is 1.60. The molecule has 7 heteroatoms. The van der Waals surface area contributed by atoms with Gasteiger partial charge in [-0.15, -0.1) is 0 Å². The number of nitrogens with two attached hydrogens (primary N) is 2. The summed E-state index contributed by atoms with van der Waals surface area (Å²) in [6.07, 6.45) is 0.813. The smallest absolute Gasteiger partial charge is 0.267 e. The Kier molecular flexibility index (Phi) is 5.83. The van der Waals surface area contributed by atoms with E-state index in [2.05, 4.69) is 16.9 Å². The SMILES string of the molecule is CN1CC(C(CCN)c2nc(-c3ccc(Oc4ccccc4)cc3)c(C(N)=O)[nH]2)C1. The topological polar surface area (TPSA) is 110 Å². The monoisotopic (exact) mass is 405 g/mol. The summed E-state index contributed by atoms with van der Waals surface area (Å²) in [4.78, 5) is 22.3. The van der Waals surface area contributed by atoms with Gasteiger partial charge in [0.25, 0.3) is 5.91 Å². The van der Waals surface area contributed by atoms with Crippen LogP contribution in [0, 0.1) is 5.92 Å². The Morgan fingerprint density at radius 2 is 1.83 bits per heavy atom. The average Bonchev–Trinajstić information content (AvgIpc) is 3.17. The van der Waals surface area contributed by atoms with Gasteiger partial charge < -0.3 is 26.1 Å². The molecule has 30 heavy (non-hydrogen) atoms. The van der Waals surface area contributed by atoms with Crippen molar-refractivity contribution in [3.8, 4) is 22.8 Å². The van der Waals surface area contributed by atoms with Crippen LogP contribution in [0.25, 0.3) is 11.3 Å². The molecule has 5 N–H and O–H groups in total. The third-order valence-corrected chi connectivity index (χ3v) is 5.57. The van der Waals surface area contributed by atoms with Crippen LogP contribution < -0.4 is 16.2 Å². The van der Waals surface area contributed by atoms with Crippen molar-refractivity contribution in [1.29, 1.82) is 0 Å². The molecule has 7 nitrogen and oxygen atoms in total. The number of hydrogen-bond donors (Lipinski definition) is 3. The molecule has 1 saturated heterocycles. The fourth-order valence-corrected chi connectivity index (χ4v) is 4.04. The number of hydrogen-bond acceptors (Lipinski definition) is 5. The Morgan fingerprint density at radius 3 is 2.43 bits per heavy atom. The van der Waals surface area contributed by atoms with Crippen molar-refractivity contribution in [2.45, 2.75) is 12.3 Å². The predicted octanol–water partition coefficient (Wildman–Crippen LogP) is 2.96. The molecule has 1 fully saturated rings. The number of para-hydroxylation sites is 1. The zero-order valence-corrected chi connectivity index (χ0v) is 17.0. The van der Waals surface area contributed by atoms with Crippen LogP contribution in [0.4, 0.5) is 0 Å². The zero-order valence-electron chi connectivity index (χ0n) is 17.0. The number of rotatable bonds is 8. The maximum atomic E-state index is 12.1. The molecule has 0 aliphatic carbocycles. The zero-order chi connectivity index (χ0) is 21.1. The first-order chi connectivity index (χ1) is 14.5. The van der Waals surface area contributed by atoms with Gasteiger partial charge in [-0.25, -0.2) is 4.98 Å². The first-order valence-corrected chi connectivity index (χ1v) is 10.2. The van der Waals surface area contributed by atoms with Crippen LogP contribution in [0.15, 0.2) is 54.6 Å². The molecule has 2 heterocycles. The Morgan fingerprint density at radius 1 is 1.17 bits per heavy atom. The third kappa shape index (κ3) is 4.22. The molecule has 4 rings (SSSR count). The van der Waals surface area contributed by atoms with E-state index in [1.165, 1.54) is 0 Å². The van der Waals surface area contributed by atoms with Gasteiger partial charge in [0, 0.05) is 24.6 Å². The molecule has 0 saturated carbocycles. The summed E-state index contributed by atoms with van der Waals surface area (Å²) in [5.74, 6) is 2.39. The predicted molar refractivity (Wildman–Crippen MR) is 116 cm³/mol. The number of H-pyrrole nitrogens is 1. The van der Waals surface area contributed by atoms with Gasteiger partial charge in [-0.3, -0.25) is 4.79 Å². The third-order valence-electron chi connectivity index (χ3n) is 5.57. The van der Waals surface area contributed by atoms with Gasteiger partial charge in [0.05, 0.1) is 0 Å². The van der Waals surface area contributed by atoms with E-state index in [0.717, 1.165) is 36.6 Å². The minimum Gasteiger partial charge on any atom is -0.457 e. The van der Waals surface area contributed by atoms with E-state index in [4.69, 9.17) is 21.2 Å². The lowest BCUT2D eigenvalue weighted by molar-refractivity contribution is 0.0993. The summed E-state index contributed by atoms with van der Waals surface area (Å²) < 4.78 is 5.85. The van der Waals surface area contributed by atoms with Crippen molar-refractivity contribution in [2.24, 2.45) is 17.4 Å². The van der Waals surface area contributed by atoms with Gasteiger partial charge in [-0.05, 0) is 62.3 Å². The van der Waals surface area contributed by atoms with E-state index in [-0.39, 0.29) is 5.92 Å². The molecule has 1 unspecified atom stereocenters. The van der Waals surface area contributed by atoms with Crippen LogP contribution >= 0.6 is 0 Å². The van der Waals surface area contributed by atoms with Crippen LogP contribution in [-0.2, 0) is 0 Å². The van der Waals surface area contributed by atoms with Crippen molar-refractivity contribution < 1.29 is 9.53 Å². The molecule has 156 valence electrons. The largest absolute Gasteiger partial charge is 0.457 e. The molecule has 0 radical (unpaired) electrons. The van der Waals surface area contributed by atoms with Crippen LogP contribution in [-0.4, -0.2) is 47.5 Å². The second kappa shape index (κ2) is 8.69. The van der Waals surface area contributed by atoms with Crippen molar-refractivity contribution >= 4 is 5.91 Å². The number of aromatic nitrogens is 2. The van der Waals surface area contributed by atoms with E-state index < -0.39 is 5.91 Å². The molecular formula is C23H27N5O2. The van der Waals surface area contributed by atoms with Gasteiger partial charge in [0.2, 0.25) is 0 Å². The number of benzene rings is 2. The molecule has 0 spiro atoms. The number of carbonyl (C=O) groups excluding carboxylic acids is 1. The van der Waals surface area contributed by atoms with E-state index in [0.29, 0.717) is 29.6 Å². The number of likely N-dealkylation sites (tertiary alicyclic amines) is 1. The number of ether oxygens (including phenoxy) is 1. The summed E-state index contributed by atoms with van der Waals surface area (Å²) in [6.45, 7) is 2.56. The van der Waals surface area contributed by atoms with Gasteiger partial charge >= 0.3 is 0 Å². The summed E-state index contributed by atoms with van der Waals surface area (Å²) in [5.41, 5.74) is 13.2. The van der Waals surface area contributed by atoms with Crippen LogP contribution in [0.2, 0.25) is 0 Å². The van der Waals surface area contributed by atoms with E-state index >= 15 is 0 Å². The minimum atomic E-state index is -0.523. The lowest BCUT2D eigenvalue weighted by atomic mass is 9.83. The molecule has 1 atom stereocenters. The molecule has 0 bridgehead atoms. The lowest BCUT2D eigenvalue weighted by Crippen LogP contribution is -2.47. The molecule has 1 aromatic heterocycles. The highest BCUT2D eigenvalue weighted by molar-refractivity contribution is 5.97. The van der Waals surface area contributed by atoms with E-state index in [1.54, 1.807) is 0 Å². The van der Waals surface area contributed by atoms with E-state index in [1.807, 2.05) is 54.6 Å². The molecule has 3 aromatic rings. The number of amides is 1. The second-order valence-corrected chi connectivity index (χ2v) is 7.81. The summed E-state index contributed by atoms with van der Waals surface area (Å²) in [7, 11) is 2.09. The maximum Gasteiger partial charge on any atom is 0.267 e. The maximum absolute atomic E-state index is 12.1.